The summed E-state index contributed by atoms with van der Waals surface area (Å²) in [6.45, 7) is 4.30. The molecule has 0 radical (unpaired) electrons. The van der Waals surface area contributed by atoms with E-state index in [1.807, 2.05) is 61.1 Å². The molecule has 1 amide bonds. The summed E-state index contributed by atoms with van der Waals surface area (Å²) in [5, 5.41) is 2.92. The number of nitrogens with one attached hydrogen (secondary N) is 1. The SMILES string of the molecule is Cc1ccc[n+](CC(=O)Nc2ccc(Br)cc2C)c1. The number of pyridine rings is 1. The summed E-state index contributed by atoms with van der Waals surface area (Å²) < 4.78 is 2.88. The zero-order valence-corrected chi connectivity index (χ0v) is 12.6. The van der Waals surface area contributed by atoms with Gasteiger partial charge in [0.15, 0.2) is 12.4 Å². The monoisotopic (exact) mass is 319 g/mol. The summed E-state index contributed by atoms with van der Waals surface area (Å²) in [6.07, 6.45) is 3.84. The van der Waals surface area contributed by atoms with Gasteiger partial charge in [-0.1, -0.05) is 15.9 Å². The van der Waals surface area contributed by atoms with Gasteiger partial charge in [0.25, 0.3) is 5.91 Å². The van der Waals surface area contributed by atoms with E-state index in [9.17, 15) is 4.79 Å². The van der Waals surface area contributed by atoms with E-state index < -0.39 is 0 Å². The second-order valence-electron chi connectivity index (χ2n) is 4.56. The van der Waals surface area contributed by atoms with E-state index in [0.29, 0.717) is 6.54 Å². The quantitative estimate of drug-likeness (QED) is 0.867. The summed E-state index contributed by atoms with van der Waals surface area (Å²) in [4.78, 5) is 12.0. The first-order valence-corrected chi connectivity index (χ1v) is 6.85. The zero-order chi connectivity index (χ0) is 13.8. The van der Waals surface area contributed by atoms with E-state index in [0.717, 1.165) is 21.3 Å². The molecule has 1 N–H and O–H groups in total. The smallest absolute Gasteiger partial charge is 0.290 e. The van der Waals surface area contributed by atoms with Crippen LogP contribution in [-0.4, -0.2) is 5.91 Å². The third-order valence-electron chi connectivity index (χ3n) is 2.79. The molecule has 0 atom stereocenters. The Morgan fingerprint density at radius 3 is 2.79 bits per heavy atom. The third-order valence-corrected chi connectivity index (χ3v) is 3.29. The van der Waals surface area contributed by atoms with Crippen LogP contribution in [0.25, 0.3) is 0 Å². The van der Waals surface area contributed by atoms with E-state index in [1.54, 1.807) is 0 Å². The van der Waals surface area contributed by atoms with Gasteiger partial charge in [-0.2, -0.15) is 4.57 Å². The van der Waals surface area contributed by atoms with Crippen molar-refractivity contribution in [2.45, 2.75) is 20.4 Å². The Balaban J connectivity index is 2.05. The maximum atomic E-state index is 12.0. The van der Waals surface area contributed by atoms with Crippen LogP contribution in [0, 0.1) is 13.8 Å². The van der Waals surface area contributed by atoms with Crippen LogP contribution in [0.2, 0.25) is 0 Å². The Morgan fingerprint density at radius 1 is 1.32 bits per heavy atom. The van der Waals surface area contributed by atoms with Gasteiger partial charge in [-0.15, -0.1) is 0 Å². The molecule has 1 aromatic heterocycles. The summed E-state index contributed by atoms with van der Waals surface area (Å²) >= 11 is 3.41. The molecule has 2 aromatic rings. The van der Waals surface area contributed by atoms with Crippen LogP contribution in [0.5, 0.6) is 0 Å². The number of benzene rings is 1. The summed E-state index contributed by atoms with van der Waals surface area (Å²) in [5.41, 5.74) is 3.02. The van der Waals surface area contributed by atoms with Crippen molar-refractivity contribution in [3.8, 4) is 0 Å². The highest BCUT2D eigenvalue weighted by Gasteiger charge is 2.10. The molecule has 19 heavy (non-hydrogen) atoms. The molecule has 0 aliphatic rings. The predicted octanol–water partition coefficient (Wildman–Crippen LogP) is 2.99. The minimum absolute atomic E-state index is 0.0268. The Labute approximate surface area is 121 Å². The van der Waals surface area contributed by atoms with Gasteiger partial charge >= 0.3 is 0 Å². The minimum Gasteiger partial charge on any atom is -0.320 e. The molecule has 98 valence electrons. The molecule has 0 aliphatic carbocycles. The highest BCUT2D eigenvalue weighted by atomic mass is 79.9. The molecular formula is C15H16BrN2O+. The second-order valence-corrected chi connectivity index (χ2v) is 5.48. The maximum Gasteiger partial charge on any atom is 0.290 e. The van der Waals surface area contributed by atoms with Crippen molar-refractivity contribution in [1.82, 2.24) is 0 Å². The Bertz CT molecular complexity index is 611. The lowest BCUT2D eigenvalue weighted by Crippen LogP contribution is -2.39. The maximum absolute atomic E-state index is 12.0. The van der Waals surface area contributed by atoms with E-state index >= 15 is 0 Å². The minimum atomic E-state index is -0.0268. The van der Waals surface area contributed by atoms with Gasteiger partial charge in [-0.05, 0) is 43.7 Å². The van der Waals surface area contributed by atoms with E-state index in [4.69, 9.17) is 0 Å². The fourth-order valence-corrected chi connectivity index (χ4v) is 2.35. The number of carbonyl (C=O) groups excluding carboxylic acids is 1. The zero-order valence-electron chi connectivity index (χ0n) is 11.0. The highest BCUT2D eigenvalue weighted by molar-refractivity contribution is 9.10. The molecule has 0 bridgehead atoms. The fraction of sp³-hybridized carbons (Fsp3) is 0.200. The number of aromatic nitrogens is 1. The number of anilines is 1. The van der Waals surface area contributed by atoms with Crippen LogP contribution in [0.15, 0.2) is 47.2 Å². The molecule has 3 nitrogen and oxygen atoms in total. The van der Waals surface area contributed by atoms with E-state index in [-0.39, 0.29) is 5.91 Å². The molecular weight excluding hydrogens is 304 g/mol. The number of carbonyl (C=O) groups is 1. The van der Waals surface area contributed by atoms with Gasteiger partial charge in [-0.3, -0.25) is 4.79 Å². The molecule has 0 spiro atoms. The van der Waals surface area contributed by atoms with Crippen LogP contribution < -0.4 is 9.88 Å². The van der Waals surface area contributed by atoms with Crippen molar-refractivity contribution in [3.05, 3.63) is 58.3 Å². The van der Waals surface area contributed by atoms with Crippen LogP contribution in [-0.2, 0) is 11.3 Å². The summed E-state index contributed by atoms with van der Waals surface area (Å²) in [5.74, 6) is -0.0268. The van der Waals surface area contributed by atoms with Crippen molar-refractivity contribution in [1.29, 1.82) is 0 Å². The summed E-state index contributed by atoms with van der Waals surface area (Å²) in [7, 11) is 0. The van der Waals surface area contributed by atoms with Crippen molar-refractivity contribution < 1.29 is 9.36 Å². The normalized spacial score (nSPS) is 10.3. The molecule has 1 aromatic carbocycles. The van der Waals surface area contributed by atoms with Gasteiger partial charge in [0.2, 0.25) is 6.54 Å². The van der Waals surface area contributed by atoms with Crippen molar-refractivity contribution in [2.75, 3.05) is 5.32 Å². The molecule has 2 rings (SSSR count). The topological polar surface area (TPSA) is 33.0 Å². The first-order valence-electron chi connectivity index (χ1n) is 6.06. The number of hydrogen-bond acceptors (Lipinski definition) is 1. The fourth-order valence-electron chi connectivity index (χ4n) is 1.87. The molecule has 0 saturated heterocycles. The second kappa shape index (κ2) is 5.97. The number of halogens is 1. The van der Waals surface area contributed by atoms with Crippen LogP contribution in [0.1, 0.15) is 11.1 Å². The average molecular weight is 320 g/mol. The Morgan fingerprint density at radius 2 is 2.11 bits per heavy atom. The lowest BCUT2D eigenvalue weighted by Gasteiger charge is -2.07. The Kier molecular flexibility index (Phi) is 4.32. The first kappa shape index (κ1) is 13.7. The molecule has 0 aliphatic heterocycles. The Hall–Kier alpha value is -1.68. The highest BCUT2D eigenvalue weighted by Crippen LogP contribution is 2.19. The van der Waals surface area contributed by atoms with Gasteiger partial charge < -0.3 is 5.32 Å². The lowest BCUT2D eigenvalue weighted by molar-refractivity contribution is -0.684. The van der Waals surface area contributed by atoms with Gasteiger partial charge in [0, 0.05) is 21.8 Å². The number of hydrogen-bond donors (Lipinski definition) is 1. The average Bonchev–Trinajstić information content (AvgIpc) is 2.33. The van der Waals surface area contributed by atoms with E-state index in [1.165, 1.54) is 0 Å². The van der Waals surface area contributed by atoms with Crippen LogP contribution in [0.3, 0.4) is 0 Å². The van der Waals surface area contributed by atoms with Crippen molar-refractivity contribution in [3.63, 3.8) is 0 Å². The van der Waals surface area contributed by atoms with Crippen LogP contribution >= 0.6 is 15.9 Å². The largest absolute Gasteiger partial charge is 0.320 e. The van der Waals surface area contributed by atoms with Gasteiger partial charge in [-0.25, -0.2) is 0 Å². The van der Waals surface area contributed by atoms with Gasteiger partial charge in [0.1, 0.15) is 0 Å². The van der Waals surface area contributed by atoms with E-state index in [2.05, 4.69) is 21.2 Å². The van der Waals surface area contributed by atoms with Crippen molar-refractivity contribution >= 4 is 27.5 Å². The number of amides is 1. The number of rotatable bonds is 3. The predicted molar refractivity (Wildman–Crippen MR) is 78.9 cm³/mol. The molecule has 0 unspecified atom stereocenters. The number of aryl methyl sites for hydroxylation is 2. The molecule has 0 fully saturated rings. The van der Waals surface area contributed by atoms with Gasteiger partial charge in [0.05, 0.1) is 0 Å². The molecule has 4 heteroatoms. The van der Waals surface area contributed by atoms with Crippen molar-refractivity contribution in [2.24, 2.45) is 0 Å². The summed E-state index contributed by atoms with van der Waals surface area (Å²) in [6, 6.07) is 9.75. The molecule has 1 heterocycles. The number of nitrogens with zero attached hydrogens (tertiary/aromatic N) is 1. The first-order chi connectivity index (χ1) is 9.04. The lowest BCUT2D eigenvalue weighted by atomic mass is 10.2. The van der Waals surface area contributed by atoms with Crippen LogP contribution in [0.4, 0.5) is 5.69 Å². The standard InChI is InChI=1S/C15H15BrN2O/c1-11-4-3-7-18(9-11)10-15(19)17-14-6-5-13(16)8-12(14)2/h3-9H,10H2,1-2H3/p+1. The third kappa shape index (κ3) is 3.89. The molecule has 0 saturated carbocycles.